The Balaban J connectivity index is 1.85. The predicted molar refractivity (Wildman–Crippen MR) is 85.5 cm³/mol. The highest BCUT2D eigenvalue weighted by Gasteiger charge is 2.17. The van der Waals surface area contributed by atoms with Crippen LogP contribution in [-0.2, 0) is 0 Å². The molecule has 106 valence electrons. The highest BCUT2D eigenvalue weighted by Crippen LogP contribution is 2.31. The molecule has 0 spiro atoms. The molecule has 0 bridgehead atoms. The summed E-state index contributed by atoms with van der Waals surface area (Å²) in [4.78, 5) is 15.0. The summed E-state index contributed by atoms with van der Waals surface area (Å²) in [6.07, 6.45) is 4.34. The van der Waals surface area contributed by atoms with Gasteiger partial charge in [-0.05, 0) is 31.9 Å². The zero-order chi connectivity index (χ0) is 14.2. The van der Waals surface area contributed by atoms with E-state index < -0.39 is 0 Å². The molecule has 4 nitrogen and oxygen atoms in total. The van der Waals surface area contributed by atoms with E-state index in [-0.39, 0.29) is 0 Å². The number of nitrogens with zero attached hydrogens (tertiary/aromatic N) is 3. The largest absolute Gasteiger partial charge is 0.358 e. The van der Waals surface area contributed by atoms with Crippen LogP contribution in [-0.4, -0.2) is 28.0 Å². The Morgan fingerprint density at radius 3 is 2.76 bits per heavy atom. The van der Waals surface area contributed by atoms with Gasteiger partial charge in [0.15, 0.2) is 0 Å². The average molecular weight is 278 g/mol. The van der Waals surface area contributed by atoms with Gasteiger partial charge in [0.25, 0.3) is 0 Å². The third-order valence-corrected chi connectivity index (χ3v) is 4.18. The molecule has 2 aromatic heterocycles. The number of rotatable bonds is 2. The fraction of sp³-hybridized carbons (Fsp3) is 0.294. The van der Waals surface area contributed by atoms with Gasteiger partial charge >= 0.3 is 0 Å². The molecule has 1 saturated heterocycles. The van der Waals surface area contributed by atoms with Gasteiger partial charge in [0, 0.05) is 41.4 Å². The summed E-state index contributed by atoms with van der Waals surface area (Å²) in [5.74, 6) is 0.856. The fourth-order valence-corrected chi connectivity index (χ4v) is 3.16. The van der Waals surface area contributed by atoms with Crippen molar-refractivity contribution >= 4 is 16.9 Å². The van der Waals surface area contributed by atoms with Crippen molar-refractivity contribution in [1.82, 2.24) is 15.0 Å². The van der Waals surface area contributed by atoms with Gasteiger partial charge in [0.2, 0.25) is 5.95 Å². The number of H-pyrrole nitrogens is 1. The molecule has 4 heteroatoms. The molecule has 21 heavy (non-hydrogen) atoms. The third-order valence-electron chi connectivity index (χ3n) is 4.18. The lowest BCUT2D eigenvalue weighted by Crippen LogP contribution is -2.20. The number of hydrogen-bond donors (Lipinski definition) is 1. The molecule has 1 aromatic carbocycles. The molecule has 1 aliphatic rings. The molecule has 4 rings (SSSR count). The van der Waals surface area contributed by atoms with Crippen LogP contribution in [0.15, 0.2) is 36.5 Å². The number of benzene rings is 1. The van der Waals surface area contributed by atoms with E-state index in [0.717, 1.165) is 35.9 Å². The van der Waals surface area contributed by atoms with Gasteiger partial charge in [-0.3, -0.25) is 0 Å². The Morgan fingerprint density at radius 1 is 1.10 bits per heavy atom. The van der Waals surface area contributed by atoms with Crippen molar-refractivity contribution in [2.45, 2.75) is 19.8 Å². The van der Waals surface area contributed by atoms with Crippen LogP contribution in [0.1, 0.15) is 18.5 Å². The first-order chi connectivity index (χ1) is 10.3. The van der Waals surface area contributed by atoms with Gasteiger partial charge < -0.3 is 9.88 Å². The highest BCUT2D eigenvalue weighted by molar-refractivity contribution is 5.96. The van der Waals surface area contributed by atoms with Gasteiger partial charge in [-0.1, -0.05) is 18.2 Å². The smallest absolute Gasteiger partial charge is 0.225 e. The number of fused-ring (bicyclic) bond motifs is 1. The van der Waals surface area contributed by atoms with Crippen molar-refractivity contribution in [2.75, 3.05) is 18.0 Å². The maximum absolute atomic E-state index is 4.80. The average Bonchev–Trinajstić information content (AvgIpc) is 3.14. The number of aromatic nitrogens is 3. The summed E-state index contributed by atoms with van der Waals surface area (Å²) >= 11 is 0. The van der Waals surface area contributed by atoms with Crippen molar-refractivity contribution in [1.29, 1.82) is 0 Å². The molecule has 1 N–H and O–H groups in total. The van der Waals surface area contributed by atoms with Crippen molar-refractivity contribution in [3.05, 3.63) is 42.2 Å². The van der Waals surface area contributed by atoms with E-state index in [2.05, 4.69) is 46.1 Å². The zero-order valence-corrected chi connectivity index (χ0v) is 12.1. The topological polar surface area (TPSA) is 44.8 Å². The standard InChI is InChI=1S/C17H18N4/c1-12-16(13-6-2-3-7-14(13)19-12)15-8-9-18-17(20-15)21-10-4-5-11-21/h2-3,6-9,19H,4-5,10-11H2,1H3. The first kappa shape index (κ1) is 12.4. The lowest BCUT2D eigenvalue weighted by atomic mass is 10.1. The molecule has 0 unspecified atom stereocenters. The van der Waals surface area contributed by atoms with E-state index in [1.807, 2.05) is 12.3 Å². The summed E-state index contributed by atoms with van der Waals surface area (Å²) < 4.78 is 0. The van der Waals surface area contributed by atoms with Crippen LogP contribution in [0.5, 0.6) is 0 Å². The summed E-state index contributed by atoms with van der Waals surface area (Å²) in [5, 5.41) is 1.22. The zero-order valence-electron chi connectivity index (χ0n) is 12.1. The molecule has 0 saturated carbocycles. The number of para-hydroxylation sites is 1. The number of hydrogen-bond acceptors (Lipinski definition) is 3. The first-order valence-corrected chi connectivity index (χ1v) is 7.48. The van der Waals surface area contributed by atoms with Crippen LogP contribution in [0.25, 0.3) is 22.2 Å². The van der Waals surface area contributed by atoms with Gasteiger partial charge in [0.1, 0.15) is 0 Å². The fourth-order valence-electron chi connectivity index (χ4n) is 3.16. The minimum Gasteiger partial charge on any atom is -0.358 e. The van der Waals surface area contributed by atoms with Gasteiger partial charge in [-0.15, -0.1) is 0 Å². The minimum absolute atomic E-state index is 0.856. The predicted octanol–water partition coefficient (Wildman–Crippen LogP) is 3.53. The molecular weight excluding hydrogens is 260 g/mol. The van der Waals surface area contributed by atoms with Gasteiger partial charge in [-0.2, -0.15) is 0 Å². The monoisotopic (exact) mass is 278 g/mol. The van der Waals surface area contributed by atoms with Crippen LogP contribution in [0, 0.1) is 6.92 Å². The van der Waals surface area contributed by atoms with E-state index in [9.17, 15) is 0 Å². The molecule has 3 aromatic rings. The SMILES string of the molecule is Cc1[nH]c2ccccc2c1-c1ccnc(N2CCCC2)n1. The molecule has 1 fully saturated rings. The normalized spacial score (nSPS) is 15.0. The Labute approximate surface area is 123 Å². The summed E-state index contributed by atoms with van der Waals surface area (Å²) in [6.45, 7) is 4.24. The number of aromatic amines is 1. The van der Waals surface area contributed by atoms with Crippen molar-refractivity contribution in [2.24, 2.45) is 0 Å². The maximum Gasteiger partial charge on any atom is 0.225 e. The maximum atomic E-state index is 4.80. The van der Waals surface area contributed by atoms with Crippen molar-refractivity contribution in [3.8, 4) is 11.3 Å². The van der Waals surface area contributed by atoms with Gasteiger partial charge in [0.05, 0.1) is 5.69 Å². The lowest BCUT2D eigenvalue weighted by Gasteiger charge is -2.15. The Kier molecular flexibility index (Phi) is 2.88. The van der Waals surface area contributed by atoms with Gasteiger partial charge in [-0.25, -0.2) is 9.97 Å². The number of nitrogens with one attached hydrogen (secondary N) is 1. The Hall–Kier alpha value is -2.36. The second kappa shape index (κ2) is 4.88. The molecule has 3 heterocycles. The van der Waals surface area contributed by atoms with E-state index >= 15 is 0 Å². The highest BCUT2D eigenvalue weighted by atomic mass is 15.3. The van der Waals surface area contributed by atoms with Crippen LogP contribution in [0.2, 0.25) is 0 Å². The van der Waals surface area contributed by atoms with E-state index in [1.54, 1.807) is 0 Å². The lowest BCUT2D eigenvalue weighted by molar-refractivity contribution is 0.900. The second-order valence-corrected chi connectivity index (χ2v) is 5.61. The molecule has 1 aliphatic heterocycles. The van der Waals surface area contributed by atoms with Crippen molar-refractivity contribution in [3.63, 3.8) is 0 Å². The second-order valence-electron chi connectivity index (χ2n) is 5.61. The molecule has 0 aliphatic carbocycles. The molecular formula is C17H18N4. The van der Waals surface area contributed by atoms with E-state index in [0.29, 0.717) is 0 Å². The van der Waals surface area contributed by atoms with E-state index in [4.69, 9.17) is 4.98 Å². The summed E-state index contributed by atoms with van der Waals surface area (Å²) in [5.41, 5.74) is 4.50. The quantitative estimate of drug-likeness (QED) is 0.780. The molecule has 0 atom stereocenters. The van der Waals surface area contributed by atoms with Crippen LogP contribution in [0.3, 0.4) is 0 Å². The number of aryl methyl sites for hydroxylation is 1. The van der Waals surface area contributed by atoms with Crippen LogP contribution < -0.4 is 4.90 Å². The third kappa shape index (κ3) is 2.07. The van der Waals surface area contributed by atoms with Crippen LogP contribution >= 0.6 is 0 Å². The first-order valence-electron chi connectivity index (χ1n) is 7.48. The minimum atomic E-state index is 0.856. The number of anilines is 1. The van der Waals surface area contributed by atoms with Crippen molar-refractivity contribution < 1.29 is 0 Å². The molecule has 0 radical (unpaired) electrons. The summed E-state index contributed by atoms with van der Waals surface area (Å²) in [6, 6.07) is 10.4. The van der Waals surface area contributed by atoms with Crippen LogP contribution in [0.4, 0.5) is 5.95 Å². The summed E-state index contributed by atoms with van der Waals surface area (Å²) in [7, 11) is 0. The Bertz CT molecular complexity index is 784. The Morgan fingerprint density at radius 2 is 1.90 bits per heavy atom. The molecule has 0 amide bonds. The van der Waals surface area contributed by atoms with E-state index in [1.165, 1.54) is 23.8 Å².